The molecule has 0 saturated carbocycles. The van der Waals surface area contributed by atoms with Crippen LogP contribution in [0.2, 0.25) is 0 Å². The van der Waals surface area contributed by atoms with Gasteiger partial charge in [-0.05, 0) is 30.7 Å². The predicted molar refractivity (Wildman–Crippen MR) is 79.5 cm³/mol. The van der Waals surface area contributed by atoms with Gasteiger partial charge in [0, 0.05) is 0 Å². The number of thioether (sulfide) groups is 1. The summed E-state index contributed by atoms with van der Waals surface area (Å²) < 4.78 is 5.53. The predicted octanol–water partition coefficient (Wildman–Crippen LogP) is 2.05. The van der Waals surface area contributed by atoms with Crippen molar-refractivity contribution < 1.29 is 9.53 Å². The van der Waals surface area contributed by atoms with Crippen LogP contribution >= 0.6 is 11.8 Å². The molecule has 1 heterocycles. The summed E-state index contributed by atoms with van der Waals surface area (Å²) in [6.45, 7) is 0.960. The van der Waals surface area contributed by atoms with E-state index in [-0.39, 0.29) is 11.2 Å². The van der Waals surface area contributed by atoms with Crippen molar-refractivity contribution in [2.45, 2.75) is 24.5 Å². The molecule has 104 valence electrons. The lowest BCUT2D eigenvalue weighted by Gasteiger charge is -2.20. The van der Waals surface area contributed by atoms with Crippen LogP contribution in [-0.2, 0) is 4.79 Å². The van der Waals surface area contributed by atoms with Gasteiger partial charge in [0.05, 0.1) is 17.5 Å². The van der Waals surface area contributed by atoms with Gasteiger partial charge in [-0.3, -0.25) is 4.79 Å². The number of nitrogens with two attached hydrogens (primary N) is 1. The second-order valence-electron chi connectivity index (χ2n) is 4.53. The van der Waals surface area contributed by atoms with Crippen molar-refractivity contribution in [3.05, 3.63) is 24.3 Å². The standard InChI is InChI=1S/C14H20N2O2S/c15-11-5-1-2-6-12(11)18-9-8-16-14(17)13-7-3-4-10-19-13/h1-2,5-6,13H,3-4,7-10,15H2,(H,16,17). The van der Waals surface area contributed by atoms with Gasteiger partial charge in [0.15, 0.2) is 0 Å². The van der Waals surface area contributed by atoms with E-state index >= 15 is 0 Å². The normalized spacial score (nSPS) is 18.8. The molecule has 1 saturated heterocycles. The van der Waals surface area contributed by atoms with E-state index in [1.165, 1.54) is 6.42 Å². The van der Waals surface area contributed by atoms with Crippen molar-refractivity contribution in [3.63, 3.8) is 0 Å². The number of anilines is 1. The number of para-hydroxylation sites is 2. The van der Waals surface area contributed by atoms with Gasteiger partial charge in [0.1, 0.15) is 12.4 Å². The third-order valence-corrected chi connectivity index (χ3v) is 4.43. The van der Waals surface area contributed by atoms with Crippen molar-refractivity contribution in [1.29, 1.82) is 0 Å². The average molecular weight is 280 g/mol. The first-order valence-electron chi connectivity index (χ1n) is 6.64. The van der Waals surface area contributed by atoms with E-state index in [2.05, 4.69) is 5.32 Å². The van der Waals surface area contributed by atoms with Crippen LogP contribution in [0.3, 0.4) is 0 Å². The highest BCUT2D eigenvalue weighted by atomic mass is 32.2. The molecule has 0 aromatic heterocycles. The minimum Gasteiger partial charge on any atom is -0.490 e. The molecule has 5 heteroatoms. The van der Waals surface area contributed by atoms with Gasteiger partial charge in [-0.1, -0.05) is 18.6 Å². The molecule has 1 aliphatic heterocycles. The molecule has 1 aliphatic rings. The lowest BCUT2D eigenvalue weighted by Crippen LogP contribution is -2.36. The zero-order valence-electron chi connectivity index (χ0n) is 10.9. The summed E-state index contributed by atoms with van der Waals surface area (Å²) in [4.78, 5) is 11.9. The number of ether oxygens (including phenoxy) is 1. The summed E-state index contributed by atoms with van der Waals surface area (Å²) in [5.41, 5.74) is 6.39. The van der Waals surface area contributed by atoms with Crippen molar-refractivity contribution in [1.82, 2.24) is 5.32 Å². The van der Waals surface area contributed by atoms with Crippen LogP contribution in [0, 0.1) is 0 Å². The Labute approximate surface area is 118 Å². The van der Waals surface area contributed by atoms with Crippen molar-refractivity contribution in [2.75, 3.05) is 24.6 Å². The minimum atomic E-state index is 0.121. The molecule has 1 amide bonds. The SMILES string of the molecule is Nc1ccccc1OCCNC(=O)C1CCCCS1. The summed E-state index contributed by atoms with van der Waals surface area (Å²) in [6, 6.07) is 7.37. The Morgan fingerprint density at radius 3 is 3.00 bits per heavy atom. The van der Waals surface area contributed by atoms with Gasteiger partial charge in [-0.15, -0.1) is 11.8 Å². The van der Waals surface area contributed by atoms with Gasteiger partial charge in [-0.2, -0.15) is 0 Å². The highest BCUT2D eigenvalue weighted by Crippen LogP contribution is 2.25. The fourth-order valence-electron chi connectivity index (χ4n) is 2.01. The number of carbonyl (C=O) groups is 1. The van der Waals surface area contributed by atoms with Crippen LogP contribution < -0.4 is 15.8 Å². The Bertz CT molecular complexity index is 420. The number of carbonyl (C=O) groups excluding carboxylic acids is 1. The van der Waals surface area contributed by atoms with E-state index in [1.54, 1.807) is 17.8 Å². The van der Waals surface area contributed by atoms with Gasteiger partial charge in [-0.25, -0.2) is 0 Å². The number of hydrogen-bond donors (Lipinski definition) is 2. The van der Waals surface area contributed by atoms with Crippen molar-refractivity contribution >= 4 is 23.4 Å². The van der Waals surface area contributed by atoms with Crippen LogP contribution in [0.25, 0.3) is 0 Å². The van der Waals surface area contributed by atoms with Crippen LogP contribution in [0.15, 0.2) is 24.3 Å². The highest BCUT2D eigenvalue weighted by molar-refractivity contribution is 8.00. The van der Waals surface area contributed by atoms with Crippen molar-refractivity contribution in [3.8, 4) is 5.75 Å². The first-order valence-corrected chi connectivity index (χ1v) is 7.69. The molecule has 1 aromatic carbocycles. The number of benzene rings is 1. The van der Waals surface area contributed by atoms with E-state index in [0.29, 0.717) is 24.6 Å². The number of amides is 1. The summed E-state index contributed by atoms with van der Waals surface area (Å²) >= 11 is 1.76. The summed E-state index contributed by atoms with van der Waals surface area (Å²) in [7, 11) is 0. The number of nitrogens with one attached hydrogen (secondary N) is 1. The molecule has 1 aromatic rings. The Hall–Kier alpha value is -1.36. The van der Waals surface area contributed by atoms with E-state index in [4.69, 9.17) is 10.5 Å². The maximum Gasteiger partial charge on any atom is 0.233 e. The maximum absolute atomic E-state index is 11.9. The summed E-state index contributed by atoms with van der Waals surface area (Å²) in [5, 5.41) is 3.04. The molecule has 0 aliphatic carbocycles. The van der Waals surface area contributed by atoms with Gasteiger partial charge >= 0.3 is 0 Å². The first-order chi connectivity index (χ1) is 9.27. The van der Waals surface area contributed by atoms with Crippen LogP contribution in [-0.4, -0.2) is 30.1 Å². The quantitative estimate of drug-likeness (QED) is 0.640. The minimum absolute atomic E-state index is 0.121. The van der Waals surface area contributed by atoms with E-state index in [9.17, 15) is 4.79 Å². The zero-order valence-corrected chi connectivity index (χ0v) is 11.7. The molecular formula is C14H20N2O2S. The topological polar surface area (TPSA) is 64.3 Å². The zero-order chi connectivity index (χ0) is 13.5. The monoisotopic (exact) mass is 280 g/mol. The van der Waals surface area contributed by atoms with E-state index in [0.717, 1.165) is 18.6 Å². The highest BCUT2D eigenvalue weighted by Gasteiger charge is 2.20. The van der Waals surface area contributed by atoms with E-state index in [1.807, 2.05) is 18.2 Å². The lowest BCUT2D eigenvalue weighted by molar-refractivity contribution is -0.120. The van der Waals surface area contributed by atoms with Crippen LogP contribution in [0.1, 0.15) is 19.3 Å². The fourth-order valence-corrected chi connectivity index (χ4v) is 3.23. The Kier molecular flexibility index (Phi) is 5.39. The molecule has 1 unspecified atom stereocenters. The molecule has 0 radical (unpaired) electrons. The summed E-state index contributed by atoms with van der Waals surface area (Å²) in [6.07, 6.45) is 3.37. The van der Waals surface area contributed by atoms with Gasteiger partial charge < -0.3 is 15.8 Å². The molecule has 4 nitrogen and oxygen atoms in total. The Morgan fingerprint density at radius 2 is 2.26 bits per heavy atom. The van der Waals surface area contributed by atoms with Crippen molar-refractivity contribution in [2.24, 2.45) is 0 Å². The number of hydrogen-bond acceptors (Lipinski definition) is 4. The smallest absolute Gasteiger partial charge is 0.233 e. The molecule has 19 heavy (non-hydrogen) atoms. The molecule has 0 spiro atoms. The average Bonchev–Trinajstić information content (AvgIpc) is 2.46. The number of nitrogen functional groups attached to an aromatic ring is 1. The maximum atomic E-state index is 11.9. The summed E-state index contributed by atoms with van der Waals surface area (Å²) in [5.74, 6) is 1.90. The second-order valence-corrected chi connectivity index (χ2v) is 5.84. The lowest BCUT2D eigenvalue weighted by atomic mass is 10.2. The molecule has 1 fully saturated rings. The van der Waals surface area contributed by atoms with Crippen LogP contribution in [0.5, 0.6) is 5.75 Å². The van der Waals surface area contributed by atoms with Gasteiger partial charge in [0.2, 0.25) is 5.91 Å². The Morgan fingerprint density at radius 1 is 1.42 bits per heavy atom. The largest absolute Gasteiger partial charge is 0.490 e. The number of rotatable bonds is 5. The van der Waals surface area contributed by atoms with Crippen LogP contribution in [0.4, 0.5) is 5.69 Å². The fraction of sp³-hybridized carbons (Fsp3) is 0.500. The molecule has 0 bridgehead atoms. The Balaban J connectivity index is 1.66. The third-order valence-electron chi connectivity index (χ3n) is 3.05. The second kappa shape index (κ2) is 7.28. The van der Waals surface area contributed by atoms with Gasteiger partial charge in [0.25, 0.3) is 0 Å². The molecular weight excluding hydrogens is 260 g/mol. The molecule has 3 N–H and O–H groups in total. The third kappa shape index (κ3) is 4.35. The molecule has 2 rings (SSSR count). The van der Waals surface area contributed by atoms with E-state index < -0.39 is 0 Å². The molecule has 1 atom stereocenters. The first kappa shape index (κ1) is 14.1.